The standard InChI is InChI=1S/C16H22N2O4S/c1-11(2)16(15(21)22)6-8-18(10-16)13(19)5-7-17-14(20)12-4-3-9-23-12/h3-4,9,11H,5-8,10H2,1-2H3,(H,17,20)(H,21,22). The summed E-state index contributed by atoms with van der Waals surface area (Å²) in [7, 11) is 0. The average Bonchev–Trinajstić information content (AvgIpc) is 3.17. The molecule has 0 spiro atoms. The van der Waals surface area contributed by atoms with Crippen LogP contribution in [-0.2, 0) is 9.59 Å². The number of rotatable bonds is 6. The molecule has 1 fully saturated rings. The number of aliphatic carboxylic acids is 1. The van der Waals surface area contributed by atoms with Gasteiger partial charge in [-0.2, -0.15) is 0 Å². The van der Waals surface area contributed by atoms with E-state index < -0.39 is 11.4 Å². The van der Waals surface area contributed by atoms with Gasteiger partial charge in [0.15, 0.2) is 0 Å². The molecule has 0 aliphatic carbocycles. The van der Waals surface area contributed by atoms with Crippen LogP contribution in [0.2, 0.25) is 0 Å². The second-order valence-electron chi connectivity index (χ2n) is 6.16. The summed E-state index contributed by atoms with van der Waals surface area (Å²) < 4.78 is 0. The largest absolute Gasteiger partial charge is 0.481 e. The van der Waals surface area contributed by atoms with Crippen LogP contribution in [0.3, 0.4) is 0 Å². The van der Waals surface area contributed by atoms with Gasteiger partial charge < -0.3 is 15.3 Å². The monoisotopic (exact) mass is 338 g/mol. The molecule has 1 aliphatic rings. The van der Waals surface area contributed by atoms with Crippen LogP contribution in [0.1, 0.15) is 36.4 Å². The summed E-state index contributed by atoms with van der Waals surface area (Å²) in [6.07, 6.45) is 0.665. The van der Waals surface area contributed by atoms with Gasteiger partial charge in [0.05, 0.1) is 10.3 Å². The van der Waals surface area contributed by atoms with Crippen LogP contribution < -0.4 is 5.32 Å². The fraction of sp³-hybridized carbons (Fsp3) is 0.562. The summed E-state index contributed by atoms with van der Waals surface area (Å²) in [5.41, 5.74) is -0.851. The van der Waals surface area contributed by atoms with Crippen molar-refractivity contribution < 1.29 is 19.5 Å². The number of thiophene rings is 1. The van der Waals surface area contributed by atoms with Gasteiger partial charge in [-0.05, 0) is 23.8 Å². The highest BCUT2D eigenvalue weighted by atomic mass is 32.1. The van der Waals surface area contributed by atoms with Crippen LogP contribution in [0.4, 0.5) is 0 Å². The number of hydrogen-bond acceptors (Lipinski definition) is 4. The third-order valence-electron chi connectivity index (χ3n) is 4.55. The summed E-state index contributed by atoms with van der Waals surface area (Å²) in [6, 6.07) is 3.53. The van der Waals surface area contributed by atoms with Gasteiger partial charge >= 0.3 is 5.97 Å². The van der Waals surface area contributed by atoms with Crippen LogP contribution in [-0.4, -0.2) is 47.4 Å². The van der Waals surface area contributed by atoms with Crippen molar-refractivity contribution in [1.82, 2.24) is 10.2 Å². The van der Waals surface area contributed by atoms with Crippen LogP contribution in [0, 0.1) is 11.3 Å². The Labute approximate surface area is 139 Å². The third kappa shape index (κ3) is 3.72. The molecule has 2 amide bonds. The normalized spacial score (nSPS) is 20.7. The lowest BCUT2D eigenvalue weighted by Gasteiger charge is -2.28. The molecule has 1 aliphatic heterocycles. The number of carbonyl (C=O) groups is 3. The van der Waals surface area contributed by atoms with E-state index in [1.54, 1.807) is 17.0 Å². The topological polar surface area (TPSA) is 86.7 Å². The molecule has 1 saturated heterocycles. The first kappa shape index (κ1) is 17.5. The summed E-state index contributed by atoms with van der Waals surface area (Å²) in [5.74, 6) is -1.17. The second-order valence-corrected chi connectivity index (χ2v) is 7.11. The molecule has 2 rings (SSSR count). The molecular weight excluding hydrogens is 316 g/mol. The van der Waals surface area contributed by atoms with E-state index in [1.807, 2.05) is 19.2 Å². The average molecular weight is 338 g/mol. The van der Waals surface area contributed by atoms with Crippen molar-refractivity contribution in [3.63, 3.8) is 0 Å². The van der Waals surface area contributed by atoms with Gasteiger partial charge in [0, 0.05) is 26.1 Å². The van der Waals surface area contributed by atoms with Gasteiger partial charge in [0.2, 0.25) is 5.91 Å². The maximum absolute atomic E-state index is 12.2. The Kier molecular flexibility index (Phi) is 5.41. The molecule has 1 aromatic heterocycles. The van der Waals surface area contributed by atoms with Gasteiger partial charge in [0.1, 0.15) is 0 Å². The number of amides is 2. The Bertz CT molecular complexity index is 585. The maximum atomic E-state index is 12.2. The first-order valence-electron chi connectivity index (χ1n) is 7.69. The molecule has 2 heterocycles. The second kappa shape index (κ2) is 7.12. The van der Waals surface area contributed by atoms with E-state index in [-0.39, 0.29) is 37.2 Å². The van der Waals surface area contributed by atoms with Crippen molar-refractivity contribution in [3.8, 4) is 0 Å². The third-order valence-corrected chi connectivity index (χ3v) is 5.42. The van der Waals surface area contributed by atoms with E-state index in [1.165, 1.54) is 11.3 Å². The molecule has 7 heteroatoms. The predicted octanol–water partition coefficient (Wildman–Crippen LogP) is 1.83. The summed E-state index contributed by atoms with van der Waals surface area (Å²) >= 11 is 1.35. The lowest BCUT2D eigenvalue weighted by atomic mass is 9.76. The van der Waals surface area contributed by atoms with Crippen molar-refractivity contribution in [1.29, 1.82) is 0 Å². The minimum Gasteiger partial charge on any atom is -0.481 e. The van der Waals surface area contributed by atoms with Gasteiger partial charge in [-0.3, -0.25) is 14.4 Å². The van der Waals surface area contributed by atoms with Crippen LogP contribution in [0.25, 0.3) is 0 Å². The zero-order valence-electron chi connectivity index (χ0n) is 13.4. The lowest BCUT2D eigenvalue weighted by Crippen LogP contribution is -2.41. The van der Waals surface area contributed by atoms with E-state index in [9.17, 15) is 19.5 Å². The number of likely N-dealkylation sites (tertiary alicyclic amines) is 1. The van der Waals surface area contributed by atoms with E-state index in [0.29, 0.717) is 17.8 Å². The molecule has 0 saturated carbocycles. The van der Waals surface area contributed by atoms with Gasteiger partial charge in [-0.1, -0.05) is 19.9 Å². The highest BCUT2D eigenvalue weighted by Gasteiger charge is 2.48. The van der Waals surface area contributed by atoms with Gasteiger partial charge in [-0.25, -0.2) is 0 Å². The first-order chi connectivity index (χ1) is 10.9. The molecule has 0 radical (unpaired) electrons. The van der Waals surface area contributed by atoms with Crippen molar-refractivity contribution in [2.45, 2.75) is 26.7 Å². The minimum atomic E-state index is -0.851. The quantitative estimate of drug-likeness (QED) is 0.828. The highest BCUT2D eigenvalue weighted by molar-refractivity contribution is 7.12. The maximum Gasteiger partial charge on any atom is 0.311 e. The molecule has 1 atom stereocenters. The molecule has 0 aromatic carbocycles. The fourth-order valence-electron chi connectivity index (χ4n) is 2.87. The molecule has 2 N–H and O–H groups in total. The van der Waals surface area contributed by atoms with Crippen LogP contribution in [0.5, 0.6) is 0 Å². The first-order valence-corrected chi connectivity index (χ1v) is 8.57. The van der Waals surface area contributed by atoms with Crippen LogP contribution >= 0.6 is 11.3 Å². The Morgan fingerprint density at radius 3 is 2.70 bits per heavy atom. The number of hydrogen-bond donors (Lipinski definition) is 2. The Balaban J connectivity index is 1.83. The Morgan fingerprint density at radius 2 is 2.17 bits per heavy atom. The molecule has 1 unspecified atom stereocenters. The van der Waals surface area contributed by atoms with E-state index in [2.05, 4.69) is 5.32 Å². The molecule has 0 bridgehead atoms. The minimum absolute atomic E-state index is 0.0312. The summed E-state index contributed by atoms with van der Waals surface area (Å²) in [4.78, 5) is 37.8. The SMILES string of the molecule is CC(C)C1(C(=O)O)CCN(C(=O)CCNC(=O)c2cccs2)C1. The zero-order chi connectivity index (χ0) is 17.0. The zero-order valence-corrected chi connectivity index (χ0v) is 14.2. The summed E-state index contributed by atoms with van der Waals surface area (Å²) in [5, 5.41) is 14.0. The highest BCUT2D eigenvalue weighted by Crippen LogP contribution is 2.38. The molecule has 6 nitrogen and oxygen atoms in total. The molecule has 1 aromatic rings. The molecule has 23 heavy (non-hydrogen) atoms. The number of nitrogens with zero attached hydrogens (tertiary/aromatic N) is 1. The fourth-order valence-corrected chi connectivity index (χ4v) is 3.51. The summed E-state index contributed by atoms with van der Waals surface area (Å²) in [6.45, 7) is 4.72. The lowest BCUT2D eigenvalue weighted by molar-refractivity contribution is -0.151. The molecular formula is C16H22N2O4S. The number of carboxylic acid groups (broad SMARTS) is 1. The van der Waals surface area contributed by atoms with Crippen molar-refractivity contribution in [2.24, 2.45) is 11.3 Å². The van der Waals surface area contributed by atoms with E-state index in [0.717, 1.165) is 0 Å². The van der Waals surface area contributed by atoms with Crippen molar-refractivity contribution in [2.75, 3.05) is 19.6 Å². The number of nitrogens with one attached hydrogen (secondary N) is 1. The number of carbonyl (C=O) groups excluding carboxylic acids is 2. The smallest absolute Gasteiger partial charge is 0.311 e. The van der Waals surface area contributed by atoms with E-state index >= 15 is 0 Å². The Morgan fingerprint density at radius 1 is 1.43 bits per heavy atom. The van der Waals surface area contributed by atoms with E-state index in [4.69, 9.17) is 0 Å². The van der Waals surface area contributed by atoms with Crippen LogP contribution in [0.15, 0.2) is 17.5 Å². The van der Waals surface area contributed by atoms with Crippen molar-refractivity contribution >= 4 is 29.1 Å². The predicted molar refractivity (Wildman–Crippen MR) is 87.4 cm³/mol. The Hall–Kier alpha value is -1.89. The van der Waals surface area contributed by atoms with Gasteiger partial charge in [0.25, 0.3) is 5.91 Å². The van der Waals surface area contributed by atoms with Gasteiger partial charge in [-0.15, -0.1) is 11.3 Å². The molecule has 126 valence electrons. The number of carboxylic acids is 1. The van der Waals surface area contributed by atoms with Crippen molar-refractivity contribution in [3.05, 3.63) is 22.4 Å².